The van der Waals surface area contributed by atoms with E-state index in [0.717, 1.165) is 10.5 Å². The average molecular weight is 517 g/mol. The summed E-state index contributed by atoms with van der Waals surface area (Å²) in [5.41, 5.74) is 0.365. The standard InChI is InChI=1S/C29H28N2O7/c1-17-9-6-7-13-20(17)31-26(33)22-23(27(31)34)29(16-32,28(35)36)30-24(22)19-12-8-14-21(37-2)25(19)38-15-18-10-4-3-5-11-18/h3-14,22-24,30,32H,15-16H2,1-2H3,(H,35,36). The van der Waals surface area contributed by atoms with Gasteiger partial charge < -0.3 is 19.7 Å². The van der Waals surface area contributed by atoms with Gasteiger partial charge in [-0.25, -0.2) is 4.90 Å². The van der Waals surface area contributed by atoms with Gasteiger partial charge in [-0.2, -0.15) is 0 Å². The fourth-order valence-electron chi connectivity index (χ4n) is 5.55. The monoisotopic (exact) mass is 516 g/mol. The Bertz CT molecular complexity index is 1390. The lowest BCUT2D eigenvalue weighted by Crippen LogP contribution is -2.58. The number of carboxylic acids is 1. The molecule has 4 atom stereocenters. The number of para-hydroxylation sites is 2. The number of hydrogen-bond donors (Lipinski definition) is 3. The molecule has 2 heterocycles. The molecule has 2 saturated heterocycles. The minimum atomic E-state index is -2.07. The molecule has 3 aromatic rings. The van der Waals surface area contributed by atoms with E-state index in [9.17, 15) is 24.6 Å². The van der Waals surface area contributed by atoms with Crippen LogP contribution in [0.5, 0.6) is 11.5 Å². The maximum Gasteiger partial charge on any atom is 0.327 e. The van der Waals surface area contributed by atoms with Gasteiger partial charge in [0.1, 0.15) is 6.61 Å². The summed E-state index contributed by atoms with van der Waals surface area (Å²) in [6.45, 7) is 1.08. The zero-order valence-corrected chi connectivity index (χ0v) is 21.0. The van der Waals surface area contributed by atoms with Gasteiger partial charge in [0, 0.05) is 11.6 Å². The first-order valence-corrected chi connectivity index (χ1v) is 12.2. The number of aliphatic carboxylic acids is 1. The summed E-state index contributed by atoms with van der Waals surface area (Å²) in [5.74, 6) is -4.35. The van der Waals surface area contributed by atoms with Crippen molar-refractivity contribution < 1.29 is 34.1 Å². The highest BCUT2D eigenvalue weighted by molar-refractivity contribution is 6.24. The summed E-state index contributed by atoms with van der Waals surface area (Å²) in [5, 5.41) is 23.6. The van der Waals surface area contributed by atoms with Crippen LogP contribution in [0.3, 0.4) is 0 Å². The first kappa shape index (κ1) is 25.4. The molecule has 0 aromatic heterocycles. The van der Waals surface area contributed by atoms with Gasteiger partial charge in [0.25, 0.3) is 0 Å². The van der Waals surface area contributed by atoms with E-state index in [-0.39, 0.29) is 6.61 Å². The lowest BCUT2D eigenvalue weighted by molar-refractivity contribution is -0.150. The molecule has 3 N–H and O–H groups in total. The first-order chi connectivity index (χ1) is 18.3. The quantitative estimate of drug-likeness (QED) is 0.391. The molecule has 5 rings (SSSR count). The summed E-state index contributed by atoms with van der Waals surface area (Å²) in [4.78, 5) is 41.3. The van der Waals surface area contributed by atoms with E-state index >= 15 is 0 Å². The minimum absolute atomic E-state index is 0.196. The number of benzene rings is 3. The van der Waals surface area contributed by atoms with Crippen LogP contribution >= 0.6 is 0 Å². The molecule has 2 fully saturated rings. The van der Waals surface area contributed by atoms with E-state index in [2.05, 4.69) is 5.32 Å². The summed E-state index contributed by atoms with van der Waals surface area (Å²) in [6.07, 6.45) is 0. The molecule has 4 unspecified atom stereocenters. The van der Waals surface area contributed by atoms with Crippen LogP contribution in [0.4, 0.5) is 5.69 Å². The van der Waals surface area contributed by atoms with Crippen molar-refractivity contribution in [3.8, 4) is 11.5 Å². The van der Waals surface area contributed by atoms with Crippen LogP contribution in [0, 0.1) is 18.8 Å². The number of anilines is 1. The number of nitrogens with zero attached hydrogens (tertiary/aromatic N) is 1. The molecule has 2 aliphatic rings. The second kappa shape index (κ2) is 9.92. The third-order valence-electron chi connectivity index (χ3n) is 7.43. The number of imide groups is 1. The second-order valence-electron chi connectivity index (χ2n) is 9.51. The summed E-state index contributed by atoms with van der Waals surface area (Å²) < 4.78 is 11.7. The fourth-order valence-corrected chi connectivity index (χ4v) is 5.55. The number of hydrogen-bond acceptors (Lipinski definition) is 7. The molecule has 0 spiro atoms. The minimum Gasteiger partial charge on any atom is -0.493 e. The van der Waals surface area contributed by atoms with Gasteiger partial charge in [-0.05, 0) is 30.2 Å². The van der Waals surface area contributed by atoms with Gasteiger partial charge in [0.2, 0.25) is 11.8 Å². The van der Waals surface area contributed by atoms with Crippen molar-refractivity contribution in [2.45, 2.75) is 25.1 Å². The maximum atomic E-state index is 13.9. The summed E-state index contributed by atoms with van der Waals surface area (Å²) in [6, 6.07) is 20.6. The molecular weight excluding hydrogens is 488 g/mol. The highest BCUT2D eigenvalue weighted by atomic mass is 16.5. The number of ether oxygens (including phenoxy) is 2. The zero-order valence-electron chi connectivity index (χ0n) is 21.0. The number of rotatable bonds is 8. The Hall–Kier alpha value is -4.21. The van der Waals surface area contributed by atoms with Crippen LogP contribution in [0.25, 0.3) is 0 Å². The van der Waals surface area contributed by atoms with Crippen molar-refractivity contribution in [3.63, 3.8) is 0 Å². The normalized spacial score (nSPS) is 24.4. The summed E-state index contributed by atoms with van der Waals surface area (Å²) >= 11 is 0. The molecular formula is C29H28N2O7. The average Bonchev–Trinajstić information content (AvgIpc) is 3.42. The van der Waals surface area contributed by atoms with Crippen LogP contribution in [0.1, 0.15) is 22.7 Å². The smallest absolute Gasteiger partial charge is 0.327 e. The SMILES string of the molecule is COc1cccc(C2NC(CO)(C(=O)O)C3C(=O)N(c4ccccc4C)C(=O)C23)c1OCc1ccccc1. The molecule has 0 aliphatic carbocycles. The predicted molar refractivity (Wildman–Crippen MR) is 138 cm³/mol. The number of nitrogens with one attached hydrogen (secondary N) is 1. The van der Waals surface area contributed by atoms with Gasteiger partial charge in [-0.1, -0.05) is 60.7 Å². The van der Waals surface area contributed by atoms with Crippen LogP contribution in [-0.4, -0.2) is 47.3 Å². The Balaban J connectivity index is 1.62. The number of aryl methyl sites for hydroxylation is 1. The molecule has 2 aliphatic heterocycles. The van der Waals surface area contributed by atoms with Crippen molar-refractivity contribution in [3.05, 3.63) is 89.5 Å². The van der Waals surface area contributed by atoms with Gasteiger partial charge in [-0.3, -0.25) is 19.7 Å². The fraction of sp³-hybridized carbons (Fsp3) is 0.276. The van der Waals surface area contributed by atoms with Crippen molar-refractivity contribution >= 4 is 23.5 Å². The van der Waals surface area contributed by atoms with Gasteiger partial charge in [-0.15, -0.1) is 0 Å². The maximum absolute atomic E-state index is 13.9. The van der Waals surface area contributed by atoms with Crippen LogP contribution in [0.15, 0.2) is 72.8 Å². The Morgan fingerprint density at radius 3 is 2.37 bits per heavy atom. The van der Waals surface area contributed by atoms with Crippen LogP contribution < -0.4 is 19.7 Å². The number of carbonyl (C=O) groups is 3. The third-order valence-corrected chi connectivity index (χ3v) is 7.43. The van der Waals surface area contributed by atoms with Gasteiger partial charge >= 0.3 is 5.97 Å². The van der Waals surface area contributed by atoms with E-state index in [1.807, 2.05) is 30.3 Å². The van der Waals surface area contributed by atoms with Gasteiger partial charge in [0.05, 0.1) is 31.2 Å². The highest BCUT2D eigenvalue weighted by Crippen LogP contribution is 2.52. The zero-order chi connectivity index (χ0) is 27.0. The molecule has 0 radical (unpaired) electrons. The molecule has 9 nitrogen and oxygen atoms in total. The first-order valence-electron chi connectivity index (χ1n) is 12.2. The lowest BCUT2D eigenvalue weighted by atomic mass is 9.79. The number of amides is 2. The number of fused-ring (bicyclic) bond motifs is 1. The Kier molecular flexibility index (Phi) is 6.64. The molecule has 0 saturated carbocycles. The van der Waals surface area contributed by atoms with E-state index < -0.39 is 47.8 Å². The number of aliphatic hydroxyl groups is 1. The third kappa shape index (κ3) is 3.91. The van der Waals surface area contributed by atoms with Gasteiger partial charge in [0.15, 0.2) is 17.0 Å². The molecule has 196 valence electrons. The van der Waals surface area contributed by atoms with E-state index in [1.54, 1.807) is 49.4 Å². The number of carbonyl (C=O) groups excluding carboxylic acids is 2. The number of aliphatic hydroxyl groups excluding tert-OH is 1. The number of methoxy groups -OCH3 is 1. The lowest BCUT2D eigenvalue weighted by Gasteiger charge is -2.30. The highest BCUT2D eigenvalue weighted by Gasteiger charge is 2.69. The topological polar surface area (TPSA) is 125 Å². The Morgan fingerprint density at radius 1 is 1.00 bits per heavy atom. The Morgan fingerprint density at radius 2 is 1.71 bits per heavy atom. The molecule has 9 heteroatoms. The van der Waals surface area contributed by atoms with Crippen molar-refractivity contribution in [1.82, 2.24) is 5.32 Å². The van der Waals surface area contributed by atoms with Crippen LogP contribution in [0.2, 0.25) is 0 Å². The Labute approximate surface area is 219 Å². The second-order valence-corrected chi connectivity index (χ2v) is 9.51. The molecule has 2 amide bonds. The van der Waals surface area contributed by atoms with Crippen LogP contribution in [-0.2, 0) is 21.0 Å². The summed E-state index contributed by atoms with van der Waals surface area (Å²) in [7, 11) is 1.48. The van der Waals surface area contributed by atoms with Crippen molar-refractivity contribution in [2.24, 2.45) is 11.8 Å². The molecule has 38 heavy (non-hydrogen) atoms. The van der Waals surface area contributed by atoms with Crippen molar-refractivity contribution in [1.29, 1.82) is 0 Å². The van der Waals surface area contributed by atoms with E-state index in [4.69, 9.17) is 9.47 Å². The van der Waals surface area contributed by atoms with E-state index in [0.29, 0.717) is 28.3 Å². The van der Waals surface area contributed by atoms with E-state index in [1.165, 1.54) is 7.11 Å². The number of carboxylic acid groups (broad SMARTS) is 1. The molecule has 3 aromatic carbocycles. The largest absolute Gasteiger partial charge is 0.493 e. The van der Waals surface area contributed by atoms with Crippen molar-refractivity contribution in [2.75, 3.05) is 18.6 Å². The molecule has 0 bridgehead atoms. The predicted octanol–water partition coefficient (Wildman–Crippen LogP) is 2.85.